The molecule has 0 bridgehead atoms. The van der Waals surface area contributed by atoms with Gasteiger partial charge < -0.3 is 15.9 Å². The number of aliphatic hydroxyl groups excluding tert-OH is 2. The molecule has 4 heteroatoms. The topological polar surface area (TPSA) is 69.7 Å². The third-order valence-corrected chi connectivity index (χ3v) is 2.23. The van der Waals surface area contributed by atoms with Crippen LogP contribution in [0.1, 0.15) is 13.8 Å². The zero-order valence-electron chi connectivity index (χ0n) is 8.12. The fraction of sp³-hybridized carbons (Fsp3) is 1.00. The van der Waals surface area contributed by atoms with Crippen LogP contribution in [0.15, 0.2) is 0 Å². The monoisotopic (exact) mass is 176 g/mol. The summed E-state index contributed by atoms with van der Waals surface area (Å²) in [5, 5.41) is 17.8. The van der Waals surface area contributed by atoms with Crippen LogP contribution in [0.4, 0.5) is 0 Å². The third kappa shape index (κ3) is 3.49. The van der Waals surface area contributed by atoms with E-state index in [1.165, 1.54) is 0 Å². The Morgan fingerprint density at radius 3 is 2.33 bits per heavy atom. The Labute approximate surface area is 74.0 Å². The van der Waals surface area contributed by atoms with Gasteiger partial charge in [0.1, 0.15) is 0 Å². The maximum Gasteiger partial charge on any atom is 0.0897 e. The Bertz CT molecular complexity index is 128. The molecule has 0 spiro atoms. The molecular formula is C8H20N2O2. The van der Waals surface area contributed by atoms with Crippen LogP contribution in [-0.2, 0) is 0 Å². The Morgan fingerprint density at radius 1 is 1.50 bits per heavy atom. The van der Waals surface area contributed by atoms with Gasteiger partial charge in [0.05, 0.1) is 12.7 Å². The van der Waals surface area contributed by atoms with E-state index < -0.39 is 6.10 Å². The molecule has 0 saturated carbocycles. The lowest BCUT2D eigenvalue weighted by Gasteiger charge is -2.35. The van der Waals surface area contributed by atoms with Crippen LogP contribution < -0.4 is 5.73 Å². The van der Waals surface area contributed by atoms with Gasteiger partial charge in [-0.3, -0.25) is 4.90 Å². The van der Waals surface area contributed by atoms with Crippen LogP contribution in [0.3, 0.4) is 0 Å². The van der Waals surface area contributed by atoms with Gasteiger partial charge in [0.2, 0.25) is 0 Å². The molecule has 0 aliphatic rings. The quantitative estimate of drug-likeness (QED) is 0.503. The molecule has 0 fully saturated rings. The molecular weight excluding hydrogens is 156 g/mol. The first-order valence-corrected chi connectivity index (χ1v) is 4.14. The molecule has 0 aliphatic carbocycles. The molecule has 0 radical (unpaired) electrons. The van der Waals surface area contributed by atoms with E-state index in [2.05, 4.69) is 0 Å². The van der Waals surface area contributed by atoms with Crippen molar-refractivity contribution in [3.8, 4) is 0 Å². The zero-order chi connectivity index (χ0) is 9.78. The number of hydrogen-bond acceptors (Lipinski definition) is 4. The Morgan fingerprint density at radius 2 is 2.00 bits per heavy atom. The van der Waals surface area contributed by atoms with Gasteiger partial charge in [0.15, 0.2) is 0 Å². The normalized spacial score (nSPS) is 15.2. The molecule has 4 nitrogen and oxygen atoms in total. The van der Waals surface area contributed by atoms with Crippen molar-refractivity contribution in [2.45, 2.75) is 25.5 Å². The van der Waals surface area contributed by atoms with Gasteiger partial charge in [-0.1, -0.05) is 0 Å². The zero-order valence-corrected chi connectivity index (χ0v) is 8.12. The van der Waals surface area contributed by atoms with Gasteiger partial charge in [0, 0.05) is 18.6 Å². The van der Waals surface area contributed by atoms with Crippen molar-refractivity contribution in [1.82, 2.24) is 4.90 Å². The molecule has 0 amide bonds. The van der Waals surface area contributed by atoms with Gasteiger partial charge in [0.25, 0.3) is 0 Å². The molecule has 12 heavy (non-hydrogen) atoms. The first-order chi connectivity index (χ1) is 5.44. The largest absolute Gasteiger partial charge is 0.394 e. The molecule has 74 valence electrons. The number of likely N-dealkylation sites (N-methyl/N-ethyl adjacent to an activating group) is 1. The van der Waals surface area contributed by atoms with Crippen molar-refractivity contribution in [1.29, 1.82) is 0 Å². The highest BCUT2D eigenvalue weighted by Crippen LogP contribution is 2.09. The number of aliphatic hydroxyl groups is 2. The first kappa shape index (κ1) is 11.8. The molecule has 0 rings (SSSR count). The van der Waals surface area contributed by atoms with Crippen LogP contribution >= 0.6 is 0 Å². The number of nitrogens with two attached hydrogens (primary N) is 1. The summed E-state index contributed by atoms with van der Waals surface area (Å²) in [6, 6.07) is 0. The van der Waals surface area contributed by atoms with Gasteiger partial charge in [-0.05, 0) is 20.9 Å². The lowest BCUT2D eigenvalue weighted by Crippen LogP contribution is -2.50. The average molecular weight is 176 g/mol. The number of nitrogens with zero attached hydrogens (tertiary/aromatic N) is 1. The Kier molecular flexibility index (Phi) is 4.70. The van der Waals surface area contributed by atoms with Crippen LogP contribution in [0.5, 0.6) is 0 Å². The van der Waals surface area contributed by atoms with E-state index in [4.69, 9.17) is 15.9 Å². The van der Waals surface area contributed by atoms with E-state index in [1.54, 1.807) is 0 Å². The number of rotatable bonds is 5. The molecule has 0 aromatic carbocycles. The summed E-state index contributed by atoms with van der Waals surface area (Å²) in [7, 11) is 1.88. The van der Waals surface area contributed by atoms with Crippen molar-refractivity contribution < 1.29 is 10.2 Å². The fourth-order valence-corrected chi connectivity index (χ4v) is 0.777. The molecule has 4 N–H and O–H groups in total. The summed E-state index contributed by atoms with van der Waals surface area (Å²) in [6.45, 7) is 4.77. The van der Waals surface area contributed by atoms with E-state index >= 15 is 0 Å². The first-order valence-electron chi connectivity index (χ1n) is 4.14. The number of β-amino-alcohol motifs (C(OH)–C–C–N with tert-alkyl or cyclic N) is 1. The van der Waals surface area contributed by atoms with Gasteiger partial charge in [-0.15, -0.1) is 0 Å². The summed E-state index contributed by atoms with van der Waals surface area (Å²) in [6.07, 6.45) is -0.680. The van der Waals surface area contributed by atoms with E-state index in [0.717, 1.165) is 0 Å². The van der Waals surface area contributed by atoms with Crippen LogP contribution in [0.2, 0.25) is 0 Å². The second kappa shape index (κ2) is 4.77. The summed E-state index contributed by atoms with van der Waals surface area (Å²) in [5.41, 5.74) is 5.41. The molecule has 0 aromatic heterocycles. The minimum absolute atomic E-state index is 0.129. The average Bonchev–Trinajstić information content (AvgIpc) is 2.04. The molecule has 0 aromatic rings. The SMILES string of the molecule is CN(CC(O)CO)C(C)(C)CN. The number of hydrogen-bond donors (Lipinski definition) is 3. The van der Waals surface area contributed by atoms with Crippen LogP contribution in [0.25, 0.3) is 0 Å². The van der Waals surface area contributed by atoms with Crippen molar-refractivity contribution in [2.75, 3.05) is 26.7 Å². The standard InChI is InChI=1S/C8H20N2O2/c1-8(2,6-9)10(3)4-7(12)5-11/h7,11-12H,4-6,9H2,1-3H3. The van der Waals surface area contributed by atoms with Crippen LogP contribution in [0, 0.1) is 0 Å². The highest BCUT2D eigenvalue weighted by Gasteiger charge is 2.22. The van der Waals surface area contributed by atoms with Crippen molar-refractivity contribution in [3.05, 3.63) is 0 Å². The van der Waals surface area contributed by atoms with Crippen molar-refractivity contribution in [2.24, 2.45) is 5.73 Å². The molecule has 1 atom stereocenters. The van der Waals surface area contributed by atoms with E-state index in [1.807, 2.05) is 25.8 Å². The highest BCUT2D eigenvalue weighted by atomic mass is 16.3. The molecule has 0 heterocycles. The van der Waals surface area contributed by atoms with Gasteiger partial charge in [-0.2, -0.15) is 0 Å². The summed E-state index contributed by atoms with van der Waals surface area (Å²) >= 11 is 0. The Hall–Kier alpha value is -0.160. The predicted molar refractivity (Wildman–Crippen MR) is 48.9 cm³/mol. The van der Waals surface area contributed by atoms with E-state index in [-0.39, 0.29) is 12.1 Å². The summed E-state index contributed by atoms with van der Waals surface area (Å²) < 4.78 is 0. The van der Waals surface area contributed by atoms with Crippen molar-refractivity contribution >= 4 is 0 Å². The lowest BCUT2D eigenvalue weighted by atomic mass is 10.0. The van der Waals surface area contributed by atoms with Gasteiger partial charge in [-0.25, -0.2) is 0 Å². The maximum absolute atomic E-state index is 9.15. The second-order valence-electron chi connectivity index (χ2n) is 3.73. The Balaban J connectivity index is 3.93. The summed E-state index contributed by atoms with van der Waals surface area (Å²) in [4.78, 5) is 1.94. The molecule has 0 aliphatic heterocycles. The molecule has 0 saturated heterocycles. The smallest absolute Gasteiger partial charge is 0.0897 e. The fourth-order valence-electron chi connectivity index (χ4n) is 0.777. The maximum atomic E-state index is 9.15. The highest BCUT2D eigenvalue weighted by molar-refractivity contribution is 4.81. The minimum atomic E-state index is -0.680. The second-order valence-corrected chi connectivity index (χ2v) is 3.73. The minimum Gasteiger partial charge on any atom is -0.394 e. The third-order valence-electron chi connectivity index (χ3n) is 2.23. The molecule has 1 unspecified atom stereocenters. The van der Waals surface area contributed by atoms with Crippen LogP contribution in [-0.4, -0.2) is 53.5 Å². The van der Waals surface area contributed by atoms with Crippen molar-refractivity contribution in [3.63, 3.8) is 0 Å². The van der Waals surface area contributed by atoms with E-state index in [0.29, 0.717) is 13.1 Å². The van der Waals surface area contributed by atoms with Gasteiger partial charge >= 0.3 is 0 Å². The predicted octanol–water partition coefficient (Wildman–Crippen LogP) is -0.991. The van der Waals surface area contributed by atoms with E-state index in [9.17, 15) is 0 Å². The summed E-state index contributed by atoms with van der Waals surface area (Å²) in [5.74, 6) is 0. The lowest BCUT2D eigenvalue weighted by molar-refractivity contribution is 0.0376.